The minimum absolute atomic E-state index is 0.116. The fourth-order valence-electron chi connectivity index (χ4n) is 2.08. The van der Waals surface area contributed by atoms with Crippen LogP contribution in [-0.4, -0.2) is 17.9 Å². The first-order chi connectivity index (χ1) is 10.3. The topological polar surface area (TPSA) is 33.2 Å². The average molecular weight is 328 g/mol. The zero-order valence-electron chi connectivity index (χ0n) is 12.1. The Labute approximate surface area is 130 Å². The van der Waals surface area contributed by atoms with Gasteiger partial charge >= 0.3 is 6.18 Å². The molecule has 0 saturated heterocycles. The van der Waals surface area contributed by atoms with Crippen LogP contribution in [0.5, 0.6) is 0 Å². The number of anilines is 1. The van der Waals surface area contributed by atoms with Gasteiger partial charge < -0.3 is 0 Å². The van der Waals surface area contributed by atoms with Crippen LogP contribution in [-0.2, 0) is 17.4 Å². The standard InChI is InChI=1S/C15H15F3N2OS/c1-10(13(21)20(2)14-19-7-8-22-14)9-11-3-5-12(6-4-11)15(16,17)18/h3-8,10H,9H2,1-2H3/t10-/m0/s1. The van der Waals surface area contributed by atoms with E-state index in [1.165, 1.54) is 28.4 Å². The van der Waals surface area contributed by atoms with Crippen molar-refractivity contribution < 1.29 is 18.0 Å². The van der Waals surface area contributed by atoms with Crippen molar-refractivity contribution in [1.29, 1.82) is 0 Å². The van der Waals surface area contributed by atoms with Crippen LogP contribution in [0.2, 0.25) is 0 Å². The molecule has 0 unspecified atom stereocenters. The van der Waals surface area contributed by atoms with E-state index in [-0.39, 0.29) is 11.8 Å². The van der Waals surface area contributed by atoms with Crippen LogP contribution in [0.25, 0.3) is 0 Å². The summed E-state index contributed by atoms with van der Waals surface area (Å²) in [6.07, 6.45) is -2.35. The lowest BCUT2D eigenvalue weighted by molar-refractivity contribution is -0.137. The minimum atomic E-state index is -4.34. The Kier molecular flexibility index (Phi) is 4.85. The number of halogens is 3. The number of carbonyl (C=O) groups excluding carboxylic acids is 1. The smallest absolute Gasteiger partial charge is 0.291 e. The van der Waals surface area contributed by atoms with E-state index < -0.39 is 11.7 Å². The molecule has 22 heavy (non-hydrogen) atoms. The molecule has 0 fully saturated rings. The van der Waals surface area contributed by atoms with Gasteiger partial charge in [0.15, 0.2) is 5.13 Å². The van der Waals surface area contributed by atoms with Gasteiger partial charge in [-0.2, -0.15) is 13.2 Å². The lowest BCUT2D eigenvalue weighted by atomic mass is 9.99. The predicted octanol–water partition coefficient (Wildman–Crippen LogP) is 4.00. The second kappa shape index (κ2) is 6.48. The van der Waals surface area contributed by atoms with Gasteiger partial charge in [-0.25, -0.2) is 4.98 Å². The van der Waals surface area contributed by atoms with E-state index in [0.717, 1.165) is 12.1 Å². The normalized spacial score (nSPS) is 13.0. The van der Waals surface area contributed by atoms with Crippen molar-refractivity contribution in [3.63, 3.8) is 0 Å². The lowest BCUT2D eigenvalue weighted by Crippen LogP contribution is -2.32. The summed E-state index contributed by atoms with van der Waals surface area (Å²) in [6, 6.07) is 4.90. The third kappa shape index (κ3) is 3.85. The number of amides is 1. The van der Waals surface area contributed by atoms with Gasteiger partial charge in [0, 0.05) is 24.5 Å². The molecule has 0 bridgehead atoms. The van der Waals surface area contributed by atoms with Gasteiger partial charge in [-0.05, 0) is 24.1 Å². The van der Waals surface area contributed by atoms with Crippen molar-refractivity contribution in [3.8, 4) is 0 Å². The maximum absolute atomic E-state index is 12.5. The first-order valence-electron chi connectivity index (χ1n) is 6.62. The SMILES string of the molecule is C[C@@H](Cc1ccc(C(F)(F)F)cc1)C(=O)N(C)c1nccs1. The fraction of sp³-hybridized carbons (Fsp3) is 0.333. The van der Waals surface area contributed by atoms with Gasteiger partial charge in [-0.1, -0.05) is 19.1 Å². The van der Waals surface area contributed by atoms with Gasteiger partial charge in [0.1, 0.15) is 0 Å². The zero-order chi connectivity index (χ0) is 16.3. The van der Waals surface area contributed by atoms with E-state index in [0.29, 0.717) is 17.1 Å². The maximum Gasteiger partial charge on any atom is 0.416 e. The van der Waals surface area contributed by atoms with E-state index in [2.05, 4.69) is 4.98 Å². The van der Waals surface area contributed by atoms with Gasteiger partial charge in [0.25, 0.3) is 0 Å². The molecule has 1 heterocycles. The molecular weight excluding hydrogens is 313 g/mol. The number of nitrogens with zero attached hydrogens (tertiary/aromatic N) is 2. The Balaban J connectivity index is 2.02. The Hall–Kier alpha value is -1.89. The molecule has 7 heteroatoms. The van der Waals surface area contributed by atoms with Crippen molar-refractivity contribution in [2.24, 2.45) is 5.92 Å². The minimum Gasteiger partial charge on any atom is -0.291 e. The molecule has 118 valence electrons. The summed E-state index contributed by atoms with van der Waals surface area (Å²) in [5, 5.41) is 2.38. The Morgan fingerprint density at radius 2 is 1.95 bits per heavy atom. The van der Waals surface area contributed by atoms with Crippen LogP contribution < -0.4 is 4.90 Å². The molecule has 0 aliphatic rings. The number of aromatic nitrogens is 1. The summed E-state index contributed by atoms with van der Waals surface area (Å²) in [5.74, 6) is -0.458. The van der Waals surface area contributed by atoms with Crippen LogP contribution in [0.3, 0.4) is 0 Å². The van der Waals surface area contributed by atoms with Crippen LogP contribution in [0.1, 0.15) is 18.1 Å². The quantitative estimate of drug-likeness (QED) is 0.850. The van der Waals surface area contributed by atoms with E-state index in [9.17, 15) is 18.0 Å². The van der Waals surface area contributed by atoms with Crippen LogP contribution in [0.15, 0.2) is 35.8 Å². The van der Waals surface area contributed by atoms with Gasteiger partial charge in [-0.3, -0.25) is 9.69 Å². The van der Waals surface area contributed by atoms with Gasteiger partial charge in [0.2, 0.25) is 5.91 Å². The number of hydrogen-bond acceptors (Lipinski definition) is 3. The molecule has 2 rings (SSSR count). The maximum atomic E-state index is 12.5. The van der Waals surface area contributed by atoms with Crippen LogP contribution in [0, 0.1) is 5.92 Å². The van der Waals surface area contributed by atoms with Crippen LogP contribution in [0.4, 0.5) is 18.3 Å². The first kappa shape index (κ1) is 16.5. The molecule has 1 atom stereocenters. The van der Waals surface area contributed by atoms with E-state index >= 15 is 0 Å². The predicted molar refractivity (Wildman–Crippen MR) is 79.8 cm³/mol. The van der Waals surface area contributed by atoms with Crippen molar-refractivity contribution in [2.45, 2.75) is 19.5 Å². The molecule has 0 radical (unpaired) electrons. The molecule has 0 N–H and O–H groups in total. The molecule has 0 saturated carbocycles. The highest BCUT2D eigenvalue weighted by Crippen LogP contribution is 2.29. The Morgan fingerprint density at radius 3 is 2.45 bits per heavy atom. The number of carbonyl (C=O) groups is 1. The Bertz CT molecular complexity index is 623. The van der Waals surface area contributed by atoms with Crippen LogP contribution >= 0.6 is 11.3 Å². The van der Waals surface area contributed by atoms with E-state index in [1.807, 2.05) is 0 Å². The lowest BCUT2D eigenvalue weighted by Gasteiger charge is -2.19. The average Bonchev–Trinajstić information content (AvgIpc) is 2.99. The molecule has 0 aliphatic heterocycles. The van der Waals surface area contributed by atoms with Crippen molar-refractivity contribution in [1.82, 2.24) is 4.98 Å². The summed E-state index contributed by atoms with van der Waals surface area (Å²) in [5.41, 5.74) is 0.0107. The van der Waals surface area contributed by atoms with Crippen molar-refractivity contribution in [2.75, 3.05) is 11.9 Å². The number of thiazole rings is 1. The third-order valence-corrected chi connectivity index (χ3v) is 4.13. The third-order valence-electron chi connectivity index (χ3n) is 3.28. The number of hydrogen-bond donors (Lipinski definition) is 0. The molecule has 1 aromatic heterocycles. The first-order valence-corrected chi connectivity index (χ1v) is 7.50. The Morgan fingerprint density at radius 1 is 1.32 bits per heavy atom. The molecular formula is C15H15F3N2OS. The summed E-state index contributed by atoms with van der Waals surface area (Å²) >= 11 is 1.36. The second-order valence-electron chi connectivity index (χ2n) is 5.01. The molecule has 1 amide bonds. The highest BCUT2D eigenvalue weighted by molar-refractivity contribution is 7.13. The van der Waals surface area contributed by atoms with E-state index in [1.54, 1.807) is 25.5 Å². The monoisotopic (exact) mass is 328 g/mol. The number of benzene rings is 1. The molecule has 2 aromatic rings. The molecule has 3 nitrogen and oxygen atoms in total. The highest BCUT2D eigenvalue weighted by Gasteiger charge is 2.30. The largest absolute Gasteiger partial charge is 0.416 e. The number of rotatable bonds is 4. The van der Waals surface area contributed by atoms with Crippen molar-refractivity contribution >= 4 is 22.4 Å². The van der Waals surface area contributed by atoms with Gasteiger partial charge in [-0.15, -0.1) is 11.3 Å². The second-order valence-corrected chi connectivity index (χ2v) is 5.88. The summed E-state index contributed by atoms with van der Waals surface area (Å²) in [7, 11) is 1.64. The fourth-order valence-corrected chi connectivity index (χ4v) is 2.69. The number of alkyl halides is 3. The summed E-state index contributed by atoms with van der Waals surface area (Å²) < 4.78 is 37.5. The molecule has 0 aliphatic carbocycles. The zero-order valence-corrected chi connectivity index (χ0v) is 12.9. The molecule has 0 spiro atoms. The summed E-state index contributed by atoms with van der Waals surface area (Å²) in [4.78, 5) is 17.8. The molecule has 1 aromatic carbocycles. The van der Waals surface area contributed by atoms with Gasteiger partial charge in [0.05, 0.1) is 5.56 Å². The van der Waals surface area contributed by atoms with Crippen molar-refractivity contribution in [3.05, 3.63) is 47.0 Å². The summed E-state index contributed by atoms with van der Waals surface area (Å²) in [6.45, 7) is 1.75. The highest BCUT2D eigenvalue weighted by atomic mass is 32.1. The van der Waals surface area contributed by atoms with E-state index in [4.69, 9.17) is 0 Å².